The molecule has 2 heterocycles. The van der Waals surface area contributed by atoms with Gasteiger partial charge in [0.25, 0.3) is 0 Å². The molecule has 0 radical (unpaired) electrons. The smallest absolute Gasteiger partial charge is 0.191 e. The Balaban J connectivity index is 0.00000261. The number of benzene rings is 1. The van der Waals surface area contributed by atoms with E-state index in [1.165, 1.54) is 11.3 Å². The Bertz CT molecular complexity index is 620. The fourth-order valence-electron chi connectivity index (χ4n) is 4.07. The van der Waals surface area contributed by atoms with E-state index in [4.69, 9.17) is 4.74 Å². The van der Waals surface area contributed by atoms with Crippen molar-refractivity contribution in [3.8, 4) is 0 Å². The molecule has 2 unspecified atom stereocenters. The van der Waals surface area contributed by atoms with Crippen molar-refractivity contribution in [1.82, 2.24) is 10.6 Å². The molecule has 6 nitrogen and oxygen atoms in total. The molecule has 1 saturated heterocycles. The molecule has 0 amide bonds. The van der Waals surface area contributed by atoms with Crippen molar-refractivity contribution < 1.29 is 9.84 Å². The number of aliphatic imine (C=N–C) groups is 1. The van der Waals surface area contributed by atoms with E-state index in [0.29, 0.717) is 12.6 Å². The van der Waals surface area contributed by atoms with Crippen LogP contribution >= 0.6 is 24.0 Å². The Morgan fingerprint density at radius 3 is 2.89 bits per heavy atom. The van der Waals surface area contributed by atoms with Gasteiger partial charge in [-0.15, -0.1) is 24.0 Å². The third kappa shape index (κ3) is 5.48. The molecule has 2 atom stereocenters. The van der Waals surface area contributed by atoms with Gasteiger partial charge in [0, 0.05) is 57.0 Å². The molecule has 2 aliphatic heterocycles. The van der Waals surface area contributed by atoms with E-state index >= 15 is 0 Å². The van der Waals surface area contributed by atoms with Gasteiger partial charge in [0.05, 0.1) is 6.61 Å². The van der Waals surface area contributed by atoms with Gasteiger partial charge in [0.15, 0.2) is 5.96 Å². The zero-order valence-corrected chi connectivity index (χ0v) is 18.7. The molecule has 2 aliphatic rings. The summed E-state index contributed by atoms with van der Waals surface area (Å²) in [4.78, 5) is 6.81. The van der Waals surface area contributed by atoms with Gasteiger partial charge in [-0.1, -0.05) is 18.2 Å². The fraction of sp³-hybridized carbons (Fsp3) is 0.650. The highest BCUT2D eigenvalue weighted by Crippen LogP contribution is 2.32. The minimum atomic E-state index is 0. The number of para-hydroxylation sites is 1. The molecular formula is C20H33IN4O2. The first-order chi connectivity index (χ1) is 12.7. The first kappa shape index (κ1) is 22.2. The van der Waals surface area contributed by atoms with Crippen LogP contribution < -0.4 is 15.5 Å². The van der Waals surface area contributed by atoms with E-state index in [1.807, 2.05) is 0 Å². The standard InChI is InChI=1S/C20H32N4O2.HI/c1-16-13-17-5-3-4-6-18(17)24(16)10-9-22-19(21-2)23-14-20(7-11-25)8-12-26-15-20;/h3-6,16,25H,7-15H2,1-2H3,(H2,21,22,23);1H. The van der Waals surface area contributed by atoms with Gasteiger partial charge in [0.1, 0.15) is 0 Å². The lowest BCUT2D eigenvalue weighted by atomic mass is 9.84. The number of ether oxygens (including phenoxy) is 1. The van der Waals surface area contributed by atoms with E-state index in [2.05, 4.69) is 51.7 Å². The number of rotatable bonds is 7. The monoisotopic (exact) mass is 488 g/mol. The van der Waals surface area contributed by atoms with Crippen molar-refractivity contribution in [3.63, 3.8) is 0 Å². The third-order valence-electron chi connectivity index (χ3n) is 5.68. The third-order valence-corrected chi connectivity index (χ3v) is 5.68. The SMILES string of the molecule is CN=C(NCCN1c2ccccc2CC1C)NCC1(CCO)CCOC1.I. The van der Waals surface area contributed by atoms with Gasteiger partial charge in [-0.05, 0) is 37.8 Å². The molecule has 3 rings (SSSR count). The molecule has 152 valence electrons. The number of anilines is 1. The minimum Gasteiger partial charge on any atom is -0.396 e. The highest BCUT2D eigenvalue weighted by Gasteiger charge is 2.34. The van der Waals surface area contributed by atoms with Crippen LogP contribution in [0.25, 0.3) is 0 Å². The van der Waals surface area contributed by atoms with Crippen LogP contribution in [0.15, 0.2) is 29.3 Å². The largest absolute Gasteiger partial charge is 0.396 e. The first-order valence-corrected chi connectivity index (χ1v) is 9.65. The van der Waals surface area contributed by atoms with E-state index in [-0.39, 0.29) is 36.0 Å². The van der Waals surface area contributed by atoms with Crippen molar-refractivity contribution >= 4 is 35.6 Å². The van der Waals surface area contributed by atoms with E-state index in [1.54, 1.807) is 7.05 Å². The molecule has 0 spiro atoms. The minimum absolute atomic E-state index is 0. The first-order valence-electron chi connectivity index (χ1n) is 9.65. The number of hydrogen-bond donors (Lipinski definition) is 3. The molecule has 0 aromatic heterocycles. The van der Waals surface area contributed by atoms with Crippen LogP contribution in [0.5, 0.6) is 0 Å². The lowest BCUT2D eigenvalue weighted by molar-refractivity contribution is 0.127. The molecule has 1 aromatic rings. The summed E-state index contributed by atoms with van der Waals surface area (Å²) in [5, 5.41) is 16.2. The second kappa shape index (κ2) is 10.5. The van der Waals surface area contributed by atoms with Gasteiger partial charge in [0.2, 0.25) is 0 Å². The number of aliphatic hydroxyl groups is 1. The molecule has 1 aromatic carbocycles. The number of halogens is 1. The van der Waals surface area contributed by atoms with Crippen LogP contribution in [-0.2, 0) is 11.2 Å². The van der Waals surface area contributed by atoms with Crippen molar-refractivity contribution in [2.75, 3.05) is 51.4 Å². The summed E-state index contributed by atoms with van der Waals surface area (Å²) in [6.07, 6.45) is 2.87. The quantitative estimate of drug-likeness (QED) is 0.311. The lowest BCUT2D eigenvalue weighted by Gasteiger charge is -2.28. The Morgan fingerprint density at radius 1 is 1.37 bits per heavy atom. The topological polar surface area (TPSA) is 69.1 Å². The van der Waals surface area contributed by atoms with Crippen molar-refractivity contribution in [1.29, 1.82) is 0 Å². The van der Waals surface area contributed by atoms with Crippen LogP contribution in [0, 0.1) is 5.41 Å². The van der Waals surface area contributed by atoms with Gasteiger partial charge < -0.3 is 25.4 Å². The van der Waals surface area contributed by atoms with Crippen LogP contribution in [0.4, 0.5) is 5.69 Å². The second-order valence-electron chi connectivity index (χ2n) is 7.50. The Labute approximate surface area is 179 Å². The summed E-state index contributed by atoms with van der Waals surface area (Å²) in [5.74, 6) is 0.814. The van der Waals surface area contributed by atoms with Crippen LogP contribution in [0.2, 0.25) is 0 Å². The van der Waals surface area contributed by atoms with Gasteiger partial charge in [-0.25, -0.2) is 0 Å². The molecule has 7 heteroatoms. The van der Waals surface area contributed by atoms with Crippen molar-refractivity contribution in [3.05, 3.63) is 29.8 Å². The lowest BCUT2D eigenvalue weighted by Crippen LogP contribution is -2.46. The molecule has 3 N–H and O–H groups in total. The number of guanidine groups is 1. The van der Waals surface area contributed by atoms with E-state index in [9.17, 15) is 5.11 Å². The van der Waals surface area contributed by atoms with Crippen molar-refractivity contribution in [2.24, 2.45) is 10.4 Å². The maximum absolute atomic E-state index is 9.35. The summed E-state index contributed by atoms with van der Waals surface area (Å²) in [6, 6.07) is 9.21. The molecule has 27 heavy (non-hydrogen) atoms. The second-order valence-corrected chi connectivity index (χ2v) is 7.50. The van der Waals surface area contributed by atoms with Gasteiger partial charge in [-0.3, -0.25) is 4.99 Å². The Hall–Kier alpha value is -1.06. The van der Waals surface area contributed by atoms with Crippen LogP contribution in [0.3, 0.4) is 0 Å². The van der Waals surface area contributed by atoms with E-state index < -0.39 is 0 Å². The molecular weight excluding hydrogens is 455 g/mol. The number of hydrogen-bond acceptors (Lipinski definition) is 4. The van der Waals surface area contributed by atoms with Crippen molar-refractivity contribution in [2.45, 2.75) is 32.2 Å². The predicted molar refractivity (Wildman–Crippen MR) is 121 cm³/mol. The summed E-state index contributed by atoms with van der Waals surface area (Å²) in [6.45, 7) is 6.52. The summed E-state index contributed by atoms with van der Waals surface area (Å²) in [7, 11) is 1.80. The maximum atomic E-state index is 9.35. The number of nitrogens with one attached hydrogen (secondary N) is 2. The molecule has 0 saturated carbocycles. The average molecular weight is 488 g/mol. The summed E-state index contributed by atoms with van der Waals surface area (Å²) < 4.78 is 5.55. The average Bonchev–Trinajstić information content (AvgIpc) is 3.23. The highest BCUT2D eigenvalue weighted by atomic mass is 127. The molecule has 0 aliphatic carbocycles. The summed E-state index contributed by atoms with van der Waals surface area (Å²) >= 11 is 0. The fourth-order valence-corrected chi connectivity index (χ4v) is 4.07. The van der Waals surface area contributed by atoms with Gasteiger partial charge in [-0.2, -0.15) is 0 Å². The molecule has 1 fully saturated rings. The highest BCUT2D eigenvalue weighted by molar-refractivity contribution is 14.0. The Morgan fingerprint density at radius 2 is 2.19 bits per heavy atom. The normalized spacial score (nSPS) is 24.5. The van der Waals surface area contributed by atoms with E-state index in [0.717, 1.165) is 51.5 Å². The zero-order chi connectivity index (χ0) is 18.4. The number of nitrogens with zero attached hydrogens (tertiary/aromatic N) is 2. The number of fused-ring (bicyclic) bond motifs is 1. The van der Waals surface area contributed by atoms with Crippen LogP contribution in [-0.4, -0.2) is 63.6 Å². The maximum Gasteiger partial charge on any atom is 0.191 e. The molecule has 0 bridgehead atoms. The Kier molecular flexibility index (Phi) is 8.62. The predicted octanol–water partition coefficient (Wildman–Crippen LogP) is 2.01. The van der Waals surface area contributed by atoms with Crippen LogP contribution in [0.1, 0.15) is 25.3 Å². The number of aliphatic hydroxyl groups excluding tert-OH is 1. The zero-order valence-electron chi connectivity index (χ0n) is 16.4. The summed E-state index contributed by atoms with van der Waals surface area (Å²) in [5.41, 5.74) is 2.82. The van der Waals surface area contributed by atoms with Gasteiger partial charge >= 0.3 is 0 Å².